The molecule has 2 atom stereocenters. The molecule has 7 heteroatoms. The first kappa shape index (κ1) is 16.8. The summed E-state index contributed by atoms with van der Waals surface area (Å²) in [5.41, 5.74) is 1.68. The van der Waals surface area contributed by atoms with E-state index >= 15 is 0 Å². The number of rotatable bonds is 4. The lowest BCUT2D eigenvalue weighted by atomic mass is 10.1. The Morgan fingerprint density at radius 3 is 2.48 bits per heavy atom. The minimum Gasteiger partial charge on any atom is -0.367 e. The first-order chi connectivity index (χ1) is 12.0. The van der Waals surface area contributed by atoms with E-state index in [2.05, 4.69) is 5.10 Å². The highest BCUT2D eigenvalue weighted by molar-refractivity contribution is 7.89. The number of sulfonamides is 1. The van der Waals surface area contributed by atoms with E-state index in [1.54, 1.807) is 23.0 Å². The van der Waals surface area contributed by atoms with Gasteiger partial charge in [0.2, 0.25) is 10.0 Å². The summed E-state index contributed by atoms with van der Waals surface area (Å²) >= 11 is 0. The second-order valence-electron chi connectivity index (χ2n) is 6.95. The molecule has 25 heavy (non-hydrogen) atoms. The van der Waals surface area contributed by atoms with Crippen molar-refractivity contribution in [3.8, 4) is 0 Å². The van der Waals surface area contributed by atoms with E-state index in [0.29, 0.717) is 29.6 Å². The van der Waals surface area contributed by atoms with Gasteiger partial charge in [-0.3, -0.25) is 4.68 Å². The third kappa shape index (κ3) is 3.12. The predicted molar refractivity (Wildman–Crippen MR) is 93.5 cm³/mol. The maximum atomic E-state index is 13.2. The monoisotopic (exact) mass is 361 g/mol. The van der Waals surface area contributed by atoms with E-state index < -0.39 is 10.0 Å². The molecule has 6 nitrogen and oxygen atoms in total. The van der Waals surface area contributed by atoms with Crippen LogP contribution in [0, 0.1) is 12.8 Å². The van der Waals surface area contributed by atoms with Crippen molar-refractivity contribution >= 4 is 10.0 Å². The van der Waals surface area contributed by atoms with Crippen molar-refractivity contribution in [2.75, 3.05) is 13.1 Å². The van der Waals surface area contributed by atoms with Gasteiger partial charge in [-0.2, -0.15) is 9.40 Å². The zero-order valence-electron chi connectivity index (χ0n) is 14.5. The SMILES string of the molecule is Cc1c(S(=O)(=O)N2C[C@@H](c3ccccc3)O[C@@H](C3CC3)C2)cnn1C. The highest BCUT2D eigenvalue weighted by Crippen LogP contribution is 2.40. The number of aromatic nitrogens is 2. The first-order valence-corrected chi connectivity index (χ1v) is 10.1. The van der Waals surface area contributed by atoms with E-state index in [4.69, 9.17) is 4.74 Å². The van der Waals surface area contributed by atoms with Gasteiger partial charge >= 0.3 is 0 Å². The molecule has 1 aromatic carbocycles. The normalized spacial score (nSPS) is 25.2. The van der Waals surface area contributed by atoms with Crippen LogP contribution in [0.1, 0.15) is 30.2 Å². The van der Waals surface area contributed by atoms with Gasteiger partial charge in [0.25, 0.3) is 0 Å². The topological polar surface area (TPSA) is 64.4 Å². The Morgan fingerprint density at radius 2 is 1.88 bits per heavy atom. The molecule has 2 fully saturated rings. The van der Waals surface area contributed by atoms with Gasteiger partial charge in [0.15, 0.2) is 0 Å². The molecule has 2 aliphatic rings. The zero-order valence-corrected chi connectivity index (χ0v) is 15.3. The van der Waals surface area contributed by atoms with Gasteiger partial charge in [-0.15, -0.1) is 0 Å². The number of morpholine rings is 1. The lowest BCUT2D eigenvalue weighted by Gasteiger charge is -2.37. The van der Waals surface area contributed by atoms with E-state index in [9.17, 15) is 8.42 Å². The van der Waals surface area contributed by atoms with Crippen molar-refractivity contribution < 1.29 is 13.2 Å². The number of hydrogen-bond donors (Lipinski definition) is 0. The van der Waals surface area contributed by atoms with E-state index in [-0.39, 0.29) is 12.2 Å². The molecule has 2 heterocycles. The summed E-state index contributed by atoms with van der Waals surface area (Å²) in [6.07, 6.45) is 3.42. The minimum atomic E-state index is -3.58. The molecule has 0 radical (unpaired) electrons. The molecular weight excluding hydrogens is 338 g/mol. The first-order valence-electron chi connectivity index (χ1n) is 8.66. The Hall–Kier alpha value is -1.70. The molecule has 4 rings (SSSR count). The summed E-state index contributed by atoms with van der Waals surface area (Å²) < 4.78 is 35.9. The van der Waals surface area contributed by atoms with Crippen LogP contribution in [-0.4, -0.2) is 41.7 Å². The van der Waals surface area contributed by atoms with Crippen LogP contribution in [0.3, 0.4) is 0 Å². The Bertz CT molecular complexity index is 859. The summed E-state index contributed by atoms with van der Waals surface area (Å²) in [6.45, 7) is 2.54. The van der Waals surface area contributed by atoms with Gasteiger partial charge in [-0.05, 0) is 31.2 Å². The summed E-state index contributed by atoms with van der Waals surface area (Å²) in [5, 5.41) is 4.10. The smallest absolute Gasteiger partial charge is 0.246 e. The number of ether oxygens (including phenoxy) is 1. The third-order valence-electron chi connectivity index (χ3n) is 5.22. The van der Waals surface area contributed by atoms with Crippen LogP contribution in [0.2, 0.25) is 0 Å². The fourth-order valence-corrected chi connectivity index (χ4v) is 5.04. The molecule has 1 aromatic heterocycles. The number of nitrogens with zero attached hydrogens (tertiary/aromatic N) is 3. The van der Waals surface area contributed by atoms with Gasteiger partial charge in [-0.1, -0.05) is 30.3 Å². The lowest BCUT2D eigenvalue weighted by Crippen LogP contribution is -2.47. The molecule has 134 valence electrons. The standard InChI is InChI=1S/C18H23N3O3S/c1-13-18(10-19-20(13)2)25(22,23)21-11-16(14-6-4-3-5-7-14)24-17(12-21)15-8-9-15/h3-7,10,15-17H,8-9,11-12H2,1-2H3/t16-,17+/m0/s1. The van der Waals surface area contributed by atoms with Crippen molar-refractivity contribution in [3.63, 3.8) is 0 Å². The van der Waals surface area contributed by atoms with Crippen LogP contribution in [0.15, 0.2) is 41.4 Å². The molecule has 2 aromatic rings. The van der Waals surface area contributed by atoms with Crippen LogP contribution in [-0.2, 0) is 21.8 Å². The Labute approximate surface area is 148 Å². The van der Waals surface area contributed by atoms with Crippen molar-refractivity contribution in [3.05, 3.63) is 47.8 Å². The van der Waals surface area contributed by atoms with Crippen LogP contribution in [0.5, 0.6) is 0 Å². The molecule has 0 amide bonds. The van der Waals surface area contributed by atoms with Gasteiger partial charge in [0, 0.05) is 20.1 Å². The van der Waals surface area contributed by atoms with E-state index in [1.807, 2.05) is 30.3 Å². The zero-order chi connectivity index (χ0) is 17.6. The fraction of sp³-hybridized carbons (Fsp3) is 0.500. The van der Waals surface area contributed by atoms with Crippen LogP contribution >= 0.6 is 0 Å². The fourth-order valence-electron chi connectivity index (χ4n) is 3.40. The number of benzene rings is 1. The second kappa shape index (κ2) is 6.23. The van der Waals surface area contributed by atoms with Gasteiger partial charge in [0.05, 0.1) is 24.1 Å². The van der Waals surface area contributed by atoms with Crippen molar-refractivity contribution in [1.82, 2.24) is 14.1 Å². The molecule has 1 saturated carbocycles. The summed E-state index contributed by atoms with van der Waals surface area (Å²) in [5.74, 6) is 0.471. The molecule has 0 bridgehead atoms. The number of hydrogen-bond acceptors (Lipinski definition) is 4. The van der Waals surface area contributed by atoms with Crippen LogP contribution in [0.25, 0.3) is 0 Å². The van der Waals surface area contributed by atoms with Crippen molar-refractivity contribution in [2.24, 2.45) is 13.0 Å². The molecule has 0 unspecified atom stereocenters. The summed E-state index contributed by atoms with van der Waals surface area (Å²) in [4.78, 5) is 0.290. The quantitative estimate of drug-likeness (QED) is 0.838. The summed E-state index contributed by atoms with van der Waals surface area (Å²) in [7, 11) is -1.82. The molecule has 1 saturated heterocycles. The van der Waals surface area contributed by atoms with Crippen LogP contribution < -0.4 is 0 Å². The van der Waals surface area contributed by atoms with Crippen molar-refractivity contribution in [2.45, 2.75) is 36.9 Å². The number of aryl methyl sites for hydroxylation is 1. The average molecular weight is 361 g/mol. The van der Waals surface area contributed by atoms with Crippen molar-refractivity contribution in [1.29, 1.82) is 0 Å². The largest absolute Gasteiger partial charge is 0.367 e. The van der Waals surface area contributed by atoms with Gasteiger partial charge in [-0.25, -0.2) is 8.42 Å². The minimum absolute atomic E-state index is 0.0364. The average Bonchev–Trinajstić information content (AvgIpc) is 3.42. The lowest BCUT2D eigenvalue weighted by molar-refractivity contribution is -0.0747. The van der Waals surface area contributed by atoms with E-state index in [0.717, 1.165) is 18.4 Å². The van der Waals surface area contributed by atoms with Gasteiger partial charge in [0.1, 0.15) is 4.90 Å². The summed E-state index contributed by atoms with van der Waals surface area (Å²) in [6, 6.07) is 9.88. The highest BCUT2D eigenvalue weighted by atomic mass is 32.2. The third-order valence-corrected chi connectivity index (χ3v) is 7.15. The molecule has 1 aliphatic carbocycles. The predicted octanol–water partition coefficient (Wildman–Crippen LogP) is 2.27. The molecule has 0 N–H and O–H groups in total. The maximum absolute atomic E-state index is 13.2. The Balaban J connectivity index is 1.67. The Kier molecular flexibility index (Phi) is 4.17. The molecule has 1 aliphatic heterocycles. The second-order valence-corrected chi connectivity index (χ2v) is 8.86. The Morgan fingerprint density at radius 1 is 1.16 bits per heavy atom. The van der Waals surface area contributed by atoms with E-state index in [1.165, 1.54) is 6.20 Å². The maximum Gasteiger partial charge on any atom is 0.246 e. The molecule has 0 spiro atoms. The van der Waals surface area contributed by atoms with Gasteiger partial charge < -0.3 is 4.74 Å². The van der Waals surface area contributed by atoms with Crippen LogP contribution in [0.4, 0.5) is 0 Å². The molecular formula is C18H23N3O3S. The highest BCUT2D eigenvalue weighted by Gasteiger charge is 2.43.